The van der Waals surface area contributed by atoms with Crippen molar-refractivity contribution in [2.24, 2.45) is 10.7 Å². The van der Waals surface area contributed by atoms with E-state index in [1.165, 1.54) is 12.1 Å². The van der Waals surface area contributed by atoms with Crippen LogP contribution in [0.2, 0.25) is 0 Å². The maximum atomic E-state index is 12.2. The molecule has 7 heteroatoms. The number of nitrogen functional groups attached to an aromatic ring is 1. The van der Waals surface area contributed by atoms with Gasteiger partial charge in [-0.2, -0.15) is 4.99 Å². The molecule has 0 aliphatic carbocycles. The molecule has 0 heterocycles. The summed E-state index contributed by atoms with van der Waals surface area (Å²) in [5, 5.41) is 10.2. The number of amides is 1. The number of rotatable bonds is 5. The van der Waals surface area contributed by atoms with Gasteiger partial charge in [0.25, 0.3) is 5.91 Å². The highest BCUT2D eigenvalue weighted by atomic mass is 32.2. The number of hydrogen-bond acceptors (Lipinski definition) is 5. The predicted octanol–water partition coefficient (Wildman–Crippen LogP) is 2.76. The molecular weight excluding hydrogens is 326 g/mol. The molecule has 0 radical (unpaired) electrons. The molecule has 0 fully saturated rings. The Labute approximate surface area is 143 Å². The van der Waals surface area contributed by atoms with Crippen molar-refractivity contribution < 1.29 is 14.6 Å². The van der Waals surface area contributed by atoms with Gasteiger partial charge in [-0.3, -0.25) is 4.79 Å². The first-order chi connectivity index (χ1) is 11.6. The van der Waals surface area contributed by atoms with Crippen molar-refractivity contribution in [2.75, 3.05) is 12.3 Å². The topological polar surface area (TPSA) is 111 Å². The van der Waals surface area contributed by atoms with Gasteiger partial charge in [0.15, 0.2) is 5.17 Å². The largest absolute Gasteiger partial charge is 0.457 e. The molecule has 24 heavy (non-hydrogen) atoms. The van der Waals surface area contributed by atoms with Crippen LogP contribution >= 0.6 is 11.8 Å². The van der Waals surface area contributed by atoms with Crippen LogP contribution in [0.1, 0.15) is 10.4 Å². The number of carbonyl (C=O) groups excluding carboxylic acids is 1. The van der Waals surface area contributed by atoms with Crippen molar-refractivity contribution >= 4 is 28.5 Å². The molecule has 0 aromatic heterocycles. The van der Waals surface area contributed by atoms with Crippen LogP contribution in [0.5, 0.6) is 11.5 Å². The molecule has 0 bridgehead atoms. The number of benzene rings is 2. The Morgan fingerprint density at radius 2 is 1.96 bits per heavy atom. The van der Waals surface area contributed by atoms with Crippen molar-refractivity contribution in [1.29, 1.82) is 0 Å². The molecule has 0 unspecified atom stereocenters. The fraction of sp³-hybridized carbons (Fsp3) is 0.0588. The number of ether oxygens (including phenoxy) is 1. The standard InChI is InChI=1S/C17H17N3O3S/c18-15-8-7-13(23-12-5-2-1-3-6-12)11-14(15)16(22)20-17(19)24-10-4-9-21/h1-8,10-11,21H,9,18H2,(H2,19,20,22)/b10-4+. The molecule has 1 amide bonds. The highest BCUT2D eigenvalue weighted by molar-refractivity contribution is 8.16. The van der Waals surface area contributed by atoms with E-state index in [0.717, 1.165) is 11.8 Å². The van der Waals surface area contributed by atoms with E-state index < -0.39 is 5.91 Å². The SMILES string of the molecule is NC(=NC(=O)c1cc(Oc2ccccc2)ccc1N)S/C=C/CO. The van der Waals surface area contributed by atoms with Crippen LogP contribution in [0.15, 0.2) is 65.0 Å². The Hall–Kier alpha value is -2.77. The molecule has 6 nitrogen and oxygen atoms in total. The van der Waals surface area contributed by atoms with Gasteiger partial charge in [0, 0.05) is 5.69 Å². The summed E-state index contributed by atoms with van der Waals surface area (Å²) >= 11 is 1.03. The lowest BCUT2D eigenvalue weighted by molar-refractivity contribution is 0.100. The molecule has 2 rings (SSSR count). The fourth-order valence-corrected chi connectivity index (χ4v) is 2.21. The first-order valence-corrected chi connectivity index (χ1v) is 7.91. The van der Waals surface area contributed by atoms with Gasteiger partial charge in [-0.05, 0) is 35.7 Å². The molecular formula is C17H17N3O3S. The molecule has 2 aromatic rings. The first-order valence-electron chi connectivity index (χ1n) is 7.03. The zero-order chi connectivity index (χ0) is 17.4. The van der Waals surface area contributed by atoms with Crippen LogP contribution in [0, 0.1) is 0 Å². The number of aliphatic hydroxyl groups is 1. The maximum absolute atomic E-state index is 12.2. The van der Waals surface area contributed by atoms with E-state index >= 15 is 0 Å². The van der Waals surface area contributed by atoms with Crippen LogP contribution in [-0.2, 0) is 0 Å². The summed E-state index contributed by atoms with van der Waals surface area (Å²) in [6, 6.07) is 14.0. The van der Waals surface area contributed by atoms with Crippen LogP contribution in [0.4, 0.5) is 5.69 Å². The zero-order valence-electron chi connectivity index (χ0n) is 12.8. The monoisotopic (exact) mass is 343 g/mol. The molecule has 0 saturated carbocycles. The van der Waals surface area contributed by atoms with Crippen LogP contribution in [0.3, 0.4) is 0 Å². The van der Waals surface area contributed by atoms with Crippen molar-refractivity contribution in [3.05, 3.63) is 65.6 Å². The van der Waals surface area contributed by atoms with Crippen molar-refractivity contribution in [1.82, 2.24) is 0 Å². The molecule has 0 spiro atoms. The lowest BCUT2D eigenvalue weighted by Crippen LogP contribution is -2.10. The lowest BCUT2D eigenvalue weighted by Gasteiger charge is -2.08. The third-order valence-electron chi connectivity index (χ3n) is 2.84. The van der Waals surface area contributed by atoms with Crippen molar-refractivity contribution in [3.8, 4) is 11.5 Å². The number of aliphatic hydroxyl groups excluding tert-OH is 1. The number of anilines is 1. The van der Waals surface area contributed by atoms with Gasteiger partial charge in [-0.1, -0.05) is 36.0 Å². The summed E-state index contributed by atoms with van der Waals surface area (Å²) < 4.78 is 5.68. The minimum atomic E-state index is -0.562. The van der Waals surface area contributed by atoms with E-state index in [4.69, 9.17) is 21.3 Å². The number of thioether (sulfide) groups is 1. The van der Waals surface area contributed by atoms with Gasteiger partial charge in [0.1, 0.15) is 11.5 Å². The smallest absolute Gasteiger partial charge is 0.281 e. The second kappa shape index (κ2) is 8.76. The number of aliphatic imine (C=N–C) groups is 1. The average molecular weight is 343 g/mol. The second-order valence-electron chi connectivity index (χ2n) is 4.59. The second-order valence-corrected chi connectivity index (χ2v) is 5.52. The number of nitrogens with two attached hydrogens (primary N) is 2. The zero-order valence-corrected chi connectivity index (χ0v) is 13.6. The Bertz CT molecular complexity index is 761. The van der Waals surface area contributed by atoms with E-state index in [1.54, 1.807) is 29.7 Å². The molecule has 124 valence electrons. The fourth-order valence-electron chi connectivity index (χ4n) is 1.76. The Morgan fingerprint density at radius 3 is 2.67 bits per heavy atom. The van der Waals surface area contributed by atoms with Crippen molar-refractivity contribution in [2.45, 2.75) is 0 Å². The molecule has 0 aliphatic rings. The van der Waals surface area contributed by atoms with Crippen LogP contribution in [-0.4, -0.2) is 22.8 Å². The minimum absolute atomic E-state index is 0.0541. The third-order valence-corrected chi connectivity index (χ3v) is 3.50. The molecule has 0 atom stereocenters. The number of para-hydroxylation sites is 1. The minimum Gasteiger partial charge on any atom is -0.457 e. The summed E-state index contributed by atoms with van der Waals surface area (Å²) in [4.78, 5) is 16.0. The molecule has 0 aliphatic heterocycles. The van der Waals surface area contributed by atoms with E-state index in [-0.39, 0.29) is 23.0 Å². The third kappa shape index (κ3) is 5.15. The van der Waals surface area contributed by atoms with E-state index in [1.807, 2.05) is 18.2 Å². The molecule has 0 saturated heterocycles. The summed E-state index contributed by atoms with van der Waals surface area (Å²) in [6.45, 7) is -0.111. The van der Waals surface area contributed by atoms with Gasteiger partial charge in [0.2, 0.25) is 0 Å². The Kier molecular flexibility index (Phi) is 6.41. The molecule has 5 N–H and O–H groups in total. The quantitative estimate of drug-likeness (QED) is 0.437. The average Bonchev–Trinajstić information content (AvgIpc) is 2.57. The first kappa shape index (κ1) is 17.6. The number of nitrogens with zero attached hydrogens (tertiary/aromatic N) is 1. The van der Waals surface area contributed by atoms with Crippen LogP contribution < -0.4 is 16.2 Å². The Morgan fingerprint density at radius 1 is 1.21 bits per heavy atom. The van der Waals surface area contributed by atoms with Gasteiger partial charge in [0.05, 0.1) is 12.2 Å². The predicted molar refractivity (Wildman–Crippen MR) is 97.1 cm³/mol. The van der Waals surface area contributed by atoms with Crippen LogP contribution in [0.25, 0.3) is 0 Å². The Balaban J connectivity index is 2.17. The summed E-state index contributed by atoms with van der Waals surface area (Å²) in [7, 11) is 0. The van der Waals surface area contributed by atoms with Gasteiger partial charge < -0.3 is 21.3 Å². The highest BCUT2D eigenvalue weighted by Gasteiger charge is 2.11. The van der Waals surface area contributed by atoms with Gasteiger partial charge >= 0.3 is 0 Å². The van der Waals surface area contributed by atoms with Crippen molar-refractivity contribution in [3.63, 3.8) is 0 Å². The summed E-state index contributed by atoms with van der Waals surface area (Å²) in [5.41, 5.74) is 12.0. The number of carbonyl (C=O) groups is 1. The lowest BCUT2D eigenvalue weighted by atomic mass is 10.1. The normalized spacial score (nSPS) is 11.6. The summed E-state index contributed by atoms with van der Waals surface area (Å²) in [6.07, 6.45) is 1.49. The van der Waals surface area contributed by atoms with E-state index in [0.29, 0.717) is 11.5 Å². The molecule has 2 aromatic carbocycles. The van der Waals surface area contributed by atoms with Gasteiger partial charge in [-0.25, -0.2) is 0 Å². The van der Waals surface area contributed by atoms with Gasteiger partial charge in [-0.15, -0.1) is 0 Å². The highest BCUT2D eigenvalue weighted by Crippen LogP contribution is 2.25. The van der Waals surface area contributed by atoms with E-state index in [2.05, 4.69) is 4.99 Å². The summed E-state index contributed by atoms with van der Waals surface area (Å²) in [5.74, 6) is 0.558. The number of amidine groups is 1. The number of hydrogen-bond donors (Lipinski definition) is 3. The maximum Gasteiger partial charge on any atom is 0.281 e. The van der Waals surface area contributed by atoms with E-state index in [9.17, 15) is 4.79 Å².